The van der Waals surface area contributed by atoms with Gasteiger partial charge in [-0.15, -0.1) is 11.6 Å². The second-order valence-electron chi connectivity index (χ2n) is 5.64. The van der Waals surface area contributed by atoms with Gasteiger partial charge in [0.25, 0.3) is 5.56 Å². The Morgan fingerprint density at radius 1 is 0.870 bits per heavy atom. The molecule has 3 aromatic rings. The van der Waals surface area contributed by atoms with Crippen LogP contribution in [0.2, 0.25) is 0 Å². The fourth-order valence-electron chi connectivity index (χ4n) is 3.36. The number of carbonyl (C=O) groups excluding carboxylic acids is 1. The van der Waals surface area contributed by atoms with Crippen molar-refractivity contribution in [2.45, 2.75) is 13.0 Å². The van der Waals surface area contributed by atoms with Gasteiger partial charge in [-0.3, -0.25) is 9.59 Å². The molecule has 0 N–H and O–H groups in total. The van der Waals surface area contributed by atoms with Gasteiger partial charge in [0.1, 0.15) is 0 Å². The van der Waals surface area contributed by atoms with E-state index in [2.05, 4.69) is 0 Å². The highest BCUT2D eigenvalue weighted by Crippen LogP contribution is 2.39. The first-order valence-corrected chi connectivity index (χ1v) is 8.13. The van der Waals surface area contributed by atoms with Gasteiger partial charge in [-0.1, -0.05) is 42.5 Å². The molecule has 114 valence electrons. The Balaban J connectivity index is 2.16. The van der Waals surface area contributed by atoms with Crippen LogP contribution in [0.1, 0.15) is 22.3 Å². The van der Waals surface area contributed by atoms with Crippen molar-refractivity contribution in [3.63, 3.8) is 0 Å². The maximum atomic E-state index is 12.9. The number of benzene rings is 2. The number of ketones is 1. The normalized spacial score (nSPS) is 12.5. The van der Waals surface area contributed by atoms with E-state index < -0.39 is 0 Å². The highest BCUT2D eigenvalue weighted by Gasteiger charge is 2.31. The van der Waals surface area contributed by atoms with E-state index >= 15 is 0 Å². The summed E-state index contributed by atoms with van der Waals surface area (Å²) in [5.74, 6) is 0.468. The first-order valence-electron chi connectivity index (χ1n) is 7.59. The zero-order valence-corrected chi connectivity index (χ0v) is 13.1. The van der Waals surface area contributed by atoms with Crippen LogP contribution in [0.4, 0.5) is 0 Å². The highest BCUT2D eigenvalue weighted by atomic mass is 35.5. The summed E-state index contributed by atoms with van der Waals surface area (Å²) in [7, 11) is 0. The van der Waals surface area contributed by atoms with E-state index in [9.17, 15) is 9.59 Å². The smallest absolute Gasteiger partial charge is 0.258 e. The number of halogens is 1. The molecular weight excluding hydrogens is 310 g/mol. The number of nitrogens with zero attached hydrogens (tertiary/aromatic N) is 1. The molecule has 1 aliphatic rings. The van der Waals surface area contributed by atoms with Crippen molar-refractivity contribution in [2.24, 2.45) is 0 Å². The number of rotatable bonds is 3. The Hall–Kier alpha value is -2.39. The number of pyridine rings is 1. The van der Waals surface area contributed by atoms with Gasteiger partial charge < -0.3 is 4.57 Å². The van der Waals surface area contributed by atoms with Gasteiger partial charge in [-0.25, -0.2) is 0 Å². The molecule has 0 atom stereocenters. The van der Waals surface area contributed by atoms with Gasteiger partial charge in [0.05, 0.1) is 11.3 Å². The molecule has 3 nitrogen and oxygen atoms in total. The summed E-state index contributed by atoms with van der Waals surface area (Å²) in [6.07, 6.45) is 0.683. The molecule has 1 aliphatic carbocycles. The van der Waals surface area contributed by atoms with Crippen LogP contribution in [0.5, 0.6) is 0 Å². The van der Waals surface area contributed by atoms with Crippen LogP contribution in [0.25, 0.3) is 22.0 Å². The molecule has 0 bridgehead atoms. The van der Waals surface area contributed by atoms with Crippen molar-refractivity contribution >= 4 is 28.2 Å². The summed E-state index contributed by atoms with van der Waals surface area (Å²) in [4.78, 5) is 25.8. The molecule has 0 unspecified atom stereocenters. The Morgan fingerprint density at radius 3 is 2.26 bits per heavy atom. The lowest BCUT2D eigenvalue weighted by Gasteiger charge is -2.14. The lowest BCUT2D eigenvalue weighted by molar-refractivity contribution is 0.104. The predicted octanol–water partition coefficient (Wildman–Crippen LogP) is 3.84. The molecule has 23 heavy (non-hydrogen) atoms. The van der Waals surface area contributed by atoms with E-state index in [1.54, 1.807) is 10.6 Å². The second kappa shape index (κ2) is 5.36. The average Bonchev–Trinajstić information content (AvgIpc) is 2.89. The van der Waals surface area contributed by atoms with Gasteiger partial charge in [0.15, 0.2) is 5.78 Å². The summed E-state index contributed by atoms with van der Waals surface area (Å²) >= 11 is 5.82. The van der Waals surface area contributed by atoms with Crippen molar-refractivity contribution in [3.05, 3.63) is 70.0 Å². The molecule has 0 radical (unpaired) electrons. The summed E-state index contributed by atoms with van der Waals surface area (Å²) < 4.78 is 1.71. The van der Waals surface area contributed by atoms with Gasteiger partial charge in [0.2, 0.25) is 0 Å². The topological polar surface area (TPSA) is 39.1 Å². The quantitative estimate of drug-likeness (QED) is 0.537. The standard InChI is InChI=1S/C19H14ClNO2/c20-10-5-11-21-17-13-7-2-3-8-14(13)18(22)16(17)12-6-1-4-9-15(12)19(21)23/h1-4,6-9H,5,10-11H2. The van der Waals surface area contributed by atoms with Gasteiger partial charge in [-0.05, 0) is 12.5 Å². The molecule has 4 rings (SSSR count). The fourth-order valence-corrected chi connectivity index (χ4v) is 3.48. The van der Waals surface area contributed by atoms with Crippen LogP contribution in [-0.4, -0.2) is 16.2 Å². The molecule has 0 saturated carbocycles. The zero-order valence-electron chi connectivity index (χ0n) is 12.4. The van der Waals surface area contributed by atoms with Gasteiger partial charge in [-0.2, -0.15) is 0 Å². The van der Waals surface area contributed by atoms with Crippen molar-refractivity contribution in [2.75, 3.05) is 5.88 Å². The molecule has 0 amide bonds. The molecule has 4 heteroatoms. The third-order valence-electron chi connectivity index (χ3n) is 4.35. The van der Waals surface area contributed by atoms with Crippen LogP contribution in [0.15, 0.2) is 53.3 Å². The molecule has 0 saturated heterocycles. The summed E-state index contributed by atoms with van der Waals surface area (Å²) in [6.45, 7) is 0.511. The molecule has 0 aliphatic heterocycles. The summed E-state index contributed by atoms with van der Waals surface area (Å²) in [6, 6.07) is 14.8. The minimum atomic E-state index is -0.0611. The van der Waals surface area contributed by atoms with E-state index in [1.807, 2.05) is 42.5 Å². The number of hydrogen-bond donors (Lipinski definition) is 0. The molecule has 0 fully saturated rings. The predicted molar refractivity (Wildman–Crippen MR) is 92.4 cm³/mol. The minimum absolute atomic E-state index is 0.00794. The van der Waals surface area contributed by atoms with Crippen LogP contribution < -0.4 is 5.56 Å². The SMILES string of the molecule is O=C1c2ccccc2-c2c1c1ccccc1c(=O)n2CCCCl. The number of hydrogen-bond acceptors (Lipinski definition) is 2. The Bertz CT molecular complexity index is 1000. The third-order valence-corrected chi connectivity index (χ3v) is 4.62. The van der Waals surface area contributed by atoms with Crippen molar-refractivity contribution < 1.29 is 4.79 Å². The van der Waals surface area contributed by atoms with E-state index in [4.69, 9.17) is 11.6 Å². The Kier molecular flexibility index (Phi) is 3.31. The van der Waals surface area contributed by atoms with Crippen LogP contribution in [0, 0.1) is 0 Å². The monoisotopic (exact) mass is 323 g/mol. The maximum Gasteiger partial charge on any atom is 0.258 e. The molecule has 0 spiro atoms. The van der Waals surface area contributed by atoms with Crippen LogP contribution >= 0.6 is 11.6 Å². The molecule has 1 heterocycles. The molecule has 1 aromatic heterocycles. The fraction of sp³-hybridized carbons (Fsp3) is 0.158. The highest BCUT2D eigenvalue weighted by molar-refractivity contribution is 6.26. The van der Waals surface area contributed by atoms with Crippen LogP contribution in [-0.2, 0) is 6.54 Å². The Labute approximate surface area is 138 Å². The minimum Gasteiger partial charge on any atom is -0.307 e. The lowest BCUT2D eigenvalue weighted by atomic mass is 10.0. The van der Waals surface area contributed by atoms with E-state index in [0.717, 1.165) is 16.6 Å². The average molecular weight is 324 g/mol. The number of aromatic nitrogens is 1. The lowest BCUT2D eigenvalue weighted by Crippen LogP contribution is -2.23. The molecule has 2 aromatic carbocycles. The largest absolute Gasteiger partial charge is 0.307 e. The second-order valence-corrected chi connectivity index (χ2v) is 6.02. The maximum absolute atomic E-state index is 12.9. The first kappa shape index (κ1) is 14.2. The van der Waals surface area contributed by atoms with E-state index in [-0.39, 0.29) is 11.3 Å². The van der Waals surface area contributed by atoms with Crippen LogP contribution in [0.3, 0.4) is 0 Å². The van der Waals surface area contributed by atoms with Crippen molar-refractivity contribution in [1.82, 2.24) is 4.57 Å². The number of alkyl halides is 1. The number of carbonyl (C=O) groups is 1. The van der Waals surface area contributed by atoms with E-state index in [0.29, 0.717) is 35.4 Å². The molecular formula is C19H14ClNO2. The number of fused-ring (bicyclic) bond motifs is 5. The van der Waals surface area contributed by atoms with Crippen molar-refractivity contribution in [1.29, 1.82) is 0 Å². The summed E-state index contributed by atoms with van der Waals surface area (Å²) in [5, 5.41) is 1.32. The third kappa shape index (κ3) is 1.97. The zero-order chi connectivity index (χ0) is 16.0. The van der Waals surface area contributed by atoms with Gasteiger partial charge in [0, 0.05) is 34.3 Å². The summed E-state index contributed by atoms with van der Waals surface area (Å²) in [5.41, 5.74) is 2.81. The Morgan fingerprint density at radius 2 is 1.52 bits per heavy atom. The van der Waals surface area contributed by atoms with Gasteiger partial charge >= 0.3 is 0 Å². The van der Waals surface area contributed by atoms with E-state index in [1.165, 1.54) is 0 Å². The first-order chi connectivity index (χ1) is 11.2. The van der Waals surface area contributed by atoms with Crippen molar-refractivity contribution in [3.8, 4) is 11.3 Å².